The molecule has 2 rings (SSSR count). The average Bonchev–Trinajstić information content (AvgIpc) is 2.70. The lowest BCUT2D eigenvalue weighted by Crippen LogP contribution is -2.14. The number of benzene rings is 2. The van der Waals surface area contributed by atoms with E-state index in [9.17, 15) is 4.79 Å². The highest BCUT2D eigenvalue weighted by Crippen LogP contribution is 2.27. The molecule has 136 valence electrons. The Morgan fingerprint density at radius 2 is 1.77 bits per heavy atom. The quantitative estimate of drug-likeness (QED) is 0.269. The summed E-state index contributed by atoms with van der Waals surface area (Å²) in [6.45, 7) is 0. The molecule has 0 fully saturated rings. The van der Waals surface area contributed by atoms with Crippen molar-refractivity contribution in [1.29, 1.82) is 0 Å². The van der Waals surface area contributed by atoms with Gasteiger partial charge in [0.2, 0.25) is 0 Å². The Bertz CT molecular complexity index is 830. The van der Waals surface area contributed by atoms with Gasteiger partial charge in [0.1, 0.15) is 5.75 Å². The van der Waals surface area contributed by atoms with Crippen molar-refractivity contribution < 1.29 is 23.8 Å². The summed E-state index contributed by atoms with van der Waals surface area (Å²) < 4.78 is 15.5. The van der Waals surface area contributed by atoms with Crippen LogP contribution in [0.3, 0.4) is 0 Å². The maximum absolute atomic E-state index is 11.8. The Morgan fingerprint density at radius 1 is 1.00 bits per heavy atom. The van der Waals surface area contributed by atoms with Crippen LogP contribution < -0.4 is 19.9 Å². The third kappa shape index (κ3) is 5.01. The summed E-state index contributed by atoms with van der Waals surface area (Å²) in [6.07, 6.45) is 2.81. The summed E-state index contributed by atoms with van der Waals surface area (Å²) in [4.78, 5) is 16.6. The van der Waals surface area contributed by atoms with Crippen molar-refractivity contribution in [3.8, 4) is 17.2 Å². The van der Waals surface area contributed by atoms with Gasteiger partial charge in [0.05, 0.1) is 21.3 Å². The zero-order valence-electron chi connectivity index (χ0n) is 14.8. The van der Waals surface area contributed by atoms with Crippen LogP contribution in [0.15, 0.2) is 53.7 Å². The summed E-state index contributed by atoms with van der Waals surface area (Å²) in [7, 11) is 4.64. The third-order valence-corrected chi connectivity index (χ3v) is 3.42. The van der Waals surface area contributed by atoms with Crippen LogP contribution in [-0.2, 0) is 9.63 Å². The van der Waals surface area contributed by atoms with Crippen molar-refractivity contribution in [2.45, 2.75) is 0 Å². The Kier molecular flexibility index (Phi) is 6.61. The van der Waals surface area contributed by atoms with Gasteiger partial charge in [-0.05, 0) is 35.9 Å². The lowest BCUT2D eigenvalue weighted by molar-refractivity contribution is -0.137. The molecule has 7 nitrogen and oxygen atoms in total. The number of carbonyl (C=O) groups is 1. The number of nitrogens with two attached hydrogens (primary N) is 1. The van der Waals surface area contributed by atoms with E-state index < -0.39 is 5.97 Å². The number of carbonyl (C=O) groups excluding carboxylic acids is 1. The van der Waals surface area contributed by atoms with E-state index in [1.54, 1.807) is 62.8 Å². The minimum atomic E-state index is -0.661. The molecule has 26 heavy (non-hydrogen) atoms. The molecule has 2 N–H and O–H groups in total. The summed E-state index contributed by atoms with van der Waals surface area (Å²) in [5.41, 5.74) is 7.13. The van der Waals surface area contributed by atoms with Crippen molar-refractivity contribution in [1.82, 2.24) is 0 Å². The fourth-order valence-electron chi connectivity index (χ4n) is 2.08. The molecule has 0 amide bonds. The van der Waals surface area contributed by atoms with Crippen molar-refractivity contribution in [3.63, 3.8) is 0 Å². The van der Waals surface area contributed by atoms with Crippen LogP contribution in [0.5, 0.6) is 17.2 Å². The first-order valence-electron chi connectivity index (χ1n) is 7.66. The molecule has 2 aromatic carbocycles. The Balaban J connectivity index is 2.02. The van der Waals surface area contributed by atoms with Gasteiger partial charge in [0.25, 0.3) is 0 Å². The molecule has 0 aliphatic heterocycles. The average molecular weight is 356 g/mol. The SMILES string of the molecule is COc1cccc(/C(N)=N/OC(=O)C=Cc2ccc(OC)c(OC)c2)c1. The van der Waals surface area contributed by atoms with Crippen molar-refractivity contribution in [3.05, 3.63) is 59.7 Å². The second kappa shape index (κ2) is 9.12. The van der Waals surface area contributed by atoms with Gasteiger partial charge in [-0.2, -0.15) is 0 Å². The summed E-state index contributed by atoms with van der Waals surface area (Å²) in [5.74, 6) is 1.19. The topological polar surface area (TPSA) is 92.4 Å². The molecule has 0 saturated carbocycles. The highest BCUT2D eigenvalue weighted by Gasteiger charge is 2.05. The predicted molar refractivity (Wildman–Crippen MR) is 98.4 cm³/mol. The second-order valence-electron chi connectivity index (χ2n) is 5.07. The molecule has 0 heterocycles. The molecular formula is C19H20N2O5. The smallest absolute Gasteiger partial charge is 0.358 e. The van der Waals surface area contributed by atoms with Crippen LogP contribution in [0.4, 0.5) is 0 Å². The predicted octanol–water partition coefficient (Wildman–Crippen LogP) is 2.59. The largest absolute Gasteiger partial charge is 0.497 e. The summed E-state index contributed by atoms with van der Waals surface area (Å²) in [6, 6.07) is 12.2. The van der Waals surface area contributed by atoms with Crippen LogP contribution in [0.2, 0.25) is 0 Å². The first-order chi connectivity index (χ1) is 12.6. The van der Waals surface area contributed by atoms with Crippen molar-refractivity contribution in [2.24, 2.45) is 10.9 Å². The number of hydrogen-bond acceptors (Lipinski definition) is 6. The normalized spacial score (nSPS) is 11.3. The van der Waals surface area contributed by atoms with E-state index >= 15 is 0 Å². The first-order valence-corrected chi connectivity index (χ1v) is 7.66. The summed E-state index contributed by atoms with van der Waals surface area (Å²) >= 11 is 0. The molecule has 0 atom stereocenters. The first kappa shape index (κ1) is 18.9. The molecule has 2 aromatic rings. The van der Waals surface area contributed by atoms with E-state index in [1.165, 1.54) is 13.2 Å². The number of nitrogens with zero attached hydrogens (tertiary/aromatic N) is 1. The molecule has 0 spiro atoms. The van der Waals surface area contributed by atoms with E-state index in [1.807, 2.05) is 0 Å². The standard InChI is InChI=1S/C19H20N2O5/c1-23-15-6-4-5-14(12-15)19(20)21-26-18(22)10-8-13-7-9-16(24-2)17(11-13)25-3/h4-12H,1-3H3,(H2,20,21). The van der Waals surface area contributed by atoms with Crippen LogP contribution in [0.25, 0.3) is 6.08 Å². The van der Waals surface area contributed by atoms with Gasteiger partial charge >= 0.3 is 5.97 Å². The fourth-order valence-corrected chi connectivity index (χ4v) is 2.08. The Morgan fingerprint density at radius 3 is 2.46 bits per heavy atom. The second-order valence-corrected chi connectivity index (χ2v) is 5.07. The number of ether oxygens (including phenoxy) is 3. The van der Waals surface area contributed by atoms with Crippen molar-refractivity contribution in [2.75, 3.05) is 21.3 Å². The summed E-state index contributed by atoms with van der Waals surface area (Å²) in [5, 5.41) is 3.64. The van der Waals surface area contributed by atoms with Gasteiger partial charge in [0.15, 0.2) is 17.3 Å². The van der Waals surface area contributed by atoms with Gasteiger partial charge in [-0.1, -0.05) is 23.4 Å². The molecule has 0 aromatic heterocycles. The molecule has 0 unspecified atom stereocenters. The molecule has 0 aliphatic rings. The van der Waals surface area contributed by atoms with E-state index in [0.717, 1.165) is 5.56 Å². The zero-order valence-corrected chi connectivity index (χ0v) is 14.8. The van der Waals surface area contributed by atoms with Gasteiger partial charge in [-0.25, -0.2) is 4.79 Å². The number of hydrogen-bond donors (Lipinski definition) is 1. The number of oxime groups is 1. The van der Waals surface area contributed by atoms with Crippen LogP contribution >= 0.6 is 0 Å². The number of amidine groups is 1. The maximum atomic E-state index is 11.8. The van der Waals surface area contributed by atoms with E-state index in [2.05, 4.69) is 5.16 Å². The van der Waals surface area contributed by atoms with Gasteiger partial charge in [-0.3, -0.25) is 0 Å². The molecule has 0 radical (unpaired) electrons. The highest BCUT2D eigenvalue weighted by atomic mass is 16.7. The molecule has 7 heteroatoms. The number of rotatable bonds is 7. The lowest BCUT2D eigenvalue weighted by atomic mass is 10.2. The molecular weight excluding hydrogens is 336 g/mol. The minimum Gasteiger partial charge on any atom is -0.497 e. The lowest BCUT2D eigenvalue weighted by Gasteiger charge is -2.07. The maximum Gasteiger partial charge on any atom is 0.358 e. The van der Waals surface area contributed by atoms with Crippen LogP contribution in [0, 0.1) is 0 Å². The van der Waals surface area contributed by atoms with Crippen LogP contribution in [-0.4, -0.2) is 33.1 Å². The number of methoxy groups -OCH3 is 3. The fraction of sp³-hybridized carbons (Fsp3) is 0.158. The third-order valence-electron chi connectivity index (χ3n) is 3.42. The van der Waals surface area contributed by atoms with Gasteiger partial charge < -0.3 is 24.8 Å². The van der Waals surface area contributed by atoms with Gasteiger partial charge in [0, 0.05) is 11.6 Å². The Labute approximate surface area is 151 Å². The van der Waals surface area contributed by atoms with Gasteiger partial charge in [-0.15, -0.1) is 0 Å². The molecule has 0 aliphatic carbocycles. The Hall–Kier alpha value is -3.48. The van der Waals surface area contributed by atoms with Crippen LogP contribution in [0.1, 0.15) is 11.1 Å². The molecule has 0 bridgehead atoms. The van der Waals surface area contributed by atoms with Crippen molar-refractivity contribution >= 4 is 17.9 Å². The van der Waals surface area contributed by atoms with E-state index in [-0.39, 0.29) is 5.84 Å². The minimum absolute atomic E-state index is 0.0665. The van der Waals surface area contributed by atoms with E-state index in [4.69, 9.17) is 24.8 Å². The zero-order chi connectivity index (χ0) is 18.9. The monoisotopic (exact) mass is 356 g/mol. The highest BCUT2D eigenvalue weighted by molar-refractivity contribution is 5.98. The van der Waals surface area contributed by atoms with E-state index in [0.29, 0.717) is 22.8 Å². The molecule has 0 saturated heterocycles.